The van der Waals surface area contributed by atoms with E-state index < -0.39 is 6.09 Å². The fraction of sp³-hybridized carbons (Fsp3) is 0.300. The van der Waals surface area contributed by atoms with Crippen LogP contribution >= 0.6 is 15.9 Å². The van der Waals surface area contributed by atoms with Gasteiger partial charge in [0.2, 0.25) is 0 Å². The second kappa shape index (κ2) is 5.11. The number of hydrogen-bond acceptors (Lipinski definition) is 2. The van der Waals surface area contributed by atoms with E-state index in [1.165, 1.54) is 12.1 Å². The SMILES string of the molecule is CCOC(=O)Nc1cc(Br)c(F)cc1C. The Hall–Kier alpha value is -1.10. The van der Waals surface area contributed by atoms with Gasteiger partial charge in [-0.05, 0) is 47.5 Å². The second-order valence-corrected chi connectivity index (χ2v) is 3.78. The Kier molecular flexibility index (Phi) is 4.08. The average Bonchev–Trinajstić information content (AvgIpc) is 2.14. The first-order valence-corrected chi connectivity index (χ1v) is 5.23. The molecule has 82 valence electrons. The number of ether oxygens (including phenoxy) is 1. The van der Waals surface area contributed by atoms with Crippen molar-refractivity contribution in [2.45, 2.75) is 13.8 Å². The molecule has 1 N–H and O–H groups in total. The highest BCUT2D eigenvalue weighted by atomic mass is 79.9. The van der Waals surface area contributed by atoms with E-state index in [1.54, 1.807) is 13.8 Å². The minimum atomic E-state index is -0.542. The topological polar surface area (TPSA) is 38.3 Å². The van der Waals surface area contributed by atoms with Gasteiger partial charge in [-0.1, -0.05) is 0 Å². The van der Waals surface area contributed by atoms with Crippen LogP contribution in [0, 0.1) is 12.7 Å². The average molecular weight is 276 g/mol. The summed E-state index contributed by atoms with van der Waals surface area (Å²) >= 11 is 3.04. The molecule has 0 saturated carbocycles. The summed E-state index contributed by atoms with van der Waals surface area (Å²) in [6, 6.07) is 2.84. The van der Waals surface area contributed by atoms with E-state index in [9.17, 15) is 9.18 Å². The van der Waals surface area contributed by atoms with Gasteiger partial charge in [-0.2, -0.15) is 0 Å². The lowest BCUT2D eigenvalue weighted by Gasteiger charge is -2.09. The van der Waals surface area contributed by atoms with Crippen LogP contribution in [-0.2, 0) is 4.74 Å². The van der Waals surface area contributed by atoms with Crippen LogP contribution in [0.15, 0.2) is 16.6 Å². The minimum absolute atomic E-state index is 0.299. The van der Waals surface area contributed by atoms with Crippen molar-refractivity contribution < 1.29 is 13.9 Å². The minimum Gasteiger partial charge on any atom is -0.450 e. The van der Waals surface area contributed by atoms with E-state index in [-0.39, 0.29) is 5.82 Å². The van der Waals surface area contributed by atoms with Crippen molar-refractivity contribution in [2.24, 2.45) is 0 Å². The predicted molar refractivity (Wildman–Crippen MR) is 59.5 cm³/mol. The molecule has 0 aliphatic heterocycles. The van der Waals surface area contributed by atoms with Crippen LogP contribution in [0.25, 0.3) is 0 Å². The molecule has 0 aliphatic carbocycles. The fourth-order valence-corrected chi connectivity index (χ4v) is 1.40. The zero-order chi connectivity index (χ0) is 11.4. The van der Waals surface area contributed by atoms with Crippen LogP contribution in [0.3, 0.4) is 0 Å². The number of aryl methyl sites for hydroxylation is 1. The Labute approximate surface area is 95.7 Å². The summed E-state index contributed by atoms with van der Waals surface area (Å²) in [4.78, 5) is 11.1. The molecule has 1 aromatic rings. The molecule has 1 amide bonds. The molecule has 0 fully saturated rings. The summed E-state index contributed by atoms with van der Waals surface area (Å²) in [7, 11) is 0. The summed E-state index contributed by atoms with van der Waals surface area (Å²) in [5.41, 5.74) is 1.17. The zero-order valence-electron chi connectivity index (χ0n) is 8.43. The molecule has 0 saturated heterocycles. The molecule has 0 bridgehead atoms. The Morgan fingerprint density at radius 2 is 2.27 bits per heavy atom. The lowest BCUT2D eigenvalue weighted by Crippen LogP contribution is -2.14. The standard InChI is InChI=1S/C10H11BrFNO2/c1-3-15-10(14)13-9-5-7(11)8(12)4-6(9)2/h4-5H,3H2,1-2H3,(H,13,14). The predicted octanol–water partition coefficient (Wildman–Crippen LogP) is 3.47. The first-order chi connectivity index (χ1) is 7.04. The molecular formula is C10H11BrFNO2. The molecule has 5 heteroatoms. The van der Waals surface area contributed by atoms with E-state index in [0.717, 1.165) is 0 Å². The van der Waals surface area contributed by atoms with Gasteiger partial charge in [0.05, 0.1) is 11.1 Å². The van der Waals surface area contributed by atoms with Gasteiger partial charge in [0.25, 0.3) is 0 Å². The van der Waals surface area contributed by atoms with Gasteiger partial charge in [0.15, 0.2) is 0 Å². The number of rotatable bonds is 2. The highest BCUT2D eigenvalue weighted by molar-refractivity contribution is 9.10. The van der Waals surface area contributed by atoms with Gasteiger partial charge in [-0.15, -0.1) is 0 Å². The van der Waals surface area contributed by atoms with Crippen molar-refractivity contribution in [1.82, 2.24) is 0 Å². The van der Waals surface area contributed by atoms with E-state index in [2.05, 4.69) is 21.2 Å². The van der Waals surface area contributed by atoms with Gasteiger partial charge >= 0.3 is 6.09 Å². The molecule has 3 nitrogen and oxygen atoms in total. The van der Waals surface area contributed by atoms with Crippen LogP contribution in [0.1, 0.15) is 12.5 Å². The van der Waals surface area contributed by atoms with Gasteiger partial charge < -0.3 is 4.74 Å². The Balaban J connectivity index is 2.86. The number of hydrogen-bond donors (Lipinski definition) is 1. The number of benzene rings is 1. The third-order valence-corrected chi connectivity index (χ3v) is 2.39. The maximum atomic E-state index is 13.1. The summed E-state index contributed by atoms with van der Waals surface area (Å²) in [5.74, 6) is -0.359. The number of nitrogens with one attached hydrogen (secondary N) is 1. The molecule has 0 radical (unpaired) electrons. The van der Waals surface area contributed by atoms with Crippen LogP contribution in [0.5, 0.6) is 0 Å². The number of carbonyl (C=O) groups excluding carboxylic acids is 1. The molecule has 1 aromatic carbocycles. The molecular weight excluding hydrogens is 265 g/mol. The number of halogens is 2. The van der Waals surface area contributed by atoms with E-state index >= 15 is 0 Å². The lowest BCUT2D eigenvalue weighted by molar-refractivity contribution is 0.168. The van der Waals surface area contributed by atoms with E-state index in [4.69, 9.17) is 4.74 Å². The van der Waals surface area contributed by atoms with Gasteiger partial charge in [0.1, 0.15) is 5.82 Å². The number of anilines is 1. The summed E-state index contributed by atoms with van der Waals surface area (Å²) in [6.45, 7) is 3.72. The van der Waals surface area contributed by atoms with Crippen molar-refractivity contribution in [3.63, 3.8) is 0 Å². The molecule has 0 aliphatic rings. The van der Waals surface area contributed by atoms with Crippen molar-refractivity contribution in [3.8, 4) is 0 Å². The van der Waals surface area contributed by atoms with Crippen molar-refractivity contribution in [1.29, 1.82) is 0 Å². The zero-order valence-corrected chi connectivity index (χ0v) is 10.0. The van der Waals surface area contributed by atoms with Gasteiger partial charge in [0, 0.05) is 5.69 Å². The van der Waals surface area contributed by atoms with Crippen molar-refractivity contribution >= 4 is 27.7 Å². The monoisotopic (exact) mass is 275 g/mol. The van der Waals surface area contributed by atoms with Gasteiger partial charge in [-0.3, -0.25) is 5.32 Å². The molecule has 0 spiro atoms. The van der Waals surface area contributed by atoms with E-state index in [0.29, 0.717) is 22.3 Å². The summed E-state index contributed by atoms with van der Waals surface area (Å²) < 4.78 is 18.1. The molecule has 15 heavy (non-hydrogen) atoms. The van der Waals surface area contributed by atoms with Crippen LogP contribution in [-0.4, -0.2) is 12.7 Å². The van der Waals surface area contributed by atoms with Gasteiger partial charge in [-0.25, -0.2) is 9.18 Å². The van der Waals surface area contributed by atoms with Crippen molar-refractivity contribution in [3.05, 3.63) is 28.0 Å². The van der Waals surface area contributed by atoms with Crippen LogP contribution < -0.4 is 5.32 Å². The fourth-order valence-electron chi connectivity index (χ4n) is 1.06. The van der Waals surface area contributed by atoms with E-state index in [1.807, 2.05) is 0 Å². The van der Waals surface area contributed by atoms with Crippen LogP contribution in [0.4, 0.5) is 14.9 Å². The smallest absolute Gasteiger partial charge is 0.411 e. The lowest BCUT2D eigenvalue weighted by atomic mass is 10.2. The Morgan fingerprint density at radius 3 is 2.87 bits per heavy atom. The summed E-state index contributed by atoms with van der Waals surface area (Å²) in [6.07, 6.45) is -0.542. The first-order valence-electron chi connectivity index (χ1n) is 4.44. The third-order valence-electron chi connectivity index (χ3n) is 1.78. The number of carbonyl (C=O) groups is 1. The Bertz CT molecular complexity index is 382. The maximum absolute atomic E-state index is 13.1. The number of amides is 1. The molecule has 0 atom stereocenters. The van der Waals surface area contributed by atoms with Crippen LogP contribution in [0.2, 0.25) is 0 Å². The Morgan fingerprint density at radius 1 is 1.60 bits per heavy atom. The summed E-state index contributed by atoms with van der Waals surface area (Å²) in [5, 5.41) is 2.52. The quantitative estimate of drug-likeness (QED) is 0.898. The first kappa shape index (κ1) is 12.0. The molecule has 0 heterocycles. The largest absolute Gasteiger partial charge is 0.450 e. The van der Waals surface area contributed by atoms with Crippen molar-refractivity contribution in [2.75, 3.05) is 11.9 Å². The molecule has 0 aromatic heterocycles. The normalized spacial score (nSPS) is 9.87. The molecule has 0 unspecified atom stereocenters. The highest BCUT2D eigenvalue weighted by Gasteiger charge is 2.08. The third kappa shape index (κ3) is 3.20. The second-order valence-electron chi connectivity index (χ2n) is 2.93. The maximum Gasteiger partial charge on any atom is 0.411 e. The highest BCUT2D eigenvalue weighted by Crippen LogP contribution is 2.24. The molecule has 1 rings (SSSR count).